The van der Waals surface area contributed by atoms with Gasteiger partial charge in [-0.15, -0.1) is 5.92 Å². The minimum Gasteiger partial charge on any atom is -0.384 e. The van der Waals surface area contributed by atoms with E-state index in [0.29, 0.717) is 18.5 Å². The van der Waals surface area contributed by atoms with Crippen LogP contribution in [0.15, 0.2) is 24.3 Å². The number of rotatable bonds is 5. The molecule has 0 fully saturated rings. The Bertz CT molecular complexity index is 404. The molecule has 20 heavy (non-hydrogen) atoms. The van der Waals surface area contributed by atoms with Crippen LogP contribution in [0.4, 0.5) is 0 Å². The summed E-state index contributed by atoms with van der Waals surface area (Å²) in [5, 5.41) is 10.0. The van der Waals surface area contributed by atoms with E-state index in [0.717, 1.165) is 5.56 Å². The summed E-state index contributed by atoms with van der Waals surface area (Å²) in [4.78, 5) is 11.5. The quantitative estimate of drug-likeness (QED) is 0.432. The molecule has 0 aliphatic heterocycles. The maximum atomic E-state index is 11.5. The van der Waals surface area contributed by atoms with Crippen LogP contribution in [0.3, 0.4) is 0 Å². The first-order valence-corrected chi connectivity index (χ1v) is 6.08. The van der Waals surface area contributed by atoms with Gasteiger partial charge in [0.25, 0.3) is 0 Å². The molecule has 0 aliphatic carbocycles. The van der Waals surface area contributed by atoms with Crippen molar-refractivity contribution in [2.45, 2.75) is 19.9 Å². The Morgan fingerprint density at radius 3 is 2.25 bits per heavy atom. The molecule has 1 unspecified atom stereocenters. The van der Waals surface area contributed by atoms with Gasteiger partial charge >= 0.3 is 32.7 Å². The molecule has 4 N–H and O–H groups in total. The minimum absolute atomic E-state index is 0. The number of nitrogen functional groups attached to an aromatic ring is 1. The average molecular weight is 349 g/mol. The number of amidine groups is 1. The number of benzene rings is 1. The van der Waals surface area contributed by atoms with Gasteiger partial charge in [-0.2, -0.15) is 13.3 Å². The Kier molecular flexibility index (Phi) is 13.0. The van der Waals surface area contributed by atoms with E-state index in [2.05, 4.69) is 26.1 Å². The third-order valence-corrected chi connectivity index (χ3v) is 2.45. The van der Waals surface area contributed by atoms with Gasteiger partial charge in [0.1, 0.15) is 5.84 Å². The Balaban J connectivity index is 0. The monoisotopic (exact) mass is 349 g/mol. The normalized spacial score (nSPS) is 10.4. The molecule has 1 aromatic carbocycles. The molecule has 1 atom stereocenters. The van der Waals surface area contributed by atoms with E-state index < -0.39 is 0 Å². The summed E-state index contributed by atoms with van der Waals surface area (Å²) < 4.78 is 0. The van der Waals surface area contributed by atoms with Crippen LogP contribution in [-0.2, 0) is 44.0 Å². The first-order chi connectivity index (χ1) is 9.04. The fraction of sp³-hybridized carbons (Fsp3) is 0.267. The van der Waals surface area contributed by atoms with Crippen LogP contribution < -0.4 is 11.1 Å². The summed E-state index contributed by atoms with van der Waals surface area (Å²) >= 11 is 0. The number of hydrogen-bond acceptors (Lipinski definition) is 2. The minimum atomic E-state index is -0.313. The van der Waals surface area contributed by atoms with Gasteiger partial charge in [0, 0.05) is 12.1 Å². The molecular weight excluding hydrogens is 327 g/mol. The van der Waals surface area contributed by atoms with Gasteiger partial charge in [0.15, 0.2) is 5.91 Å². The molecule has 0 aromatic heterocycles. The molecule has 1 rings (SSSR count). The van der Waals surface area contributed by atoms with E-state index in [1.54, 1.807) is 19.1 Å². The fourth-order valence-corrected chi connectivity index (χ4v) is 1.27. The zero-order valence-electron chi connectivity index (χ0n) is 12.0. The second-order valence-electron chi connectivity index (χ2n) is 3.81. The largest absolute Gasteiger partial charge is 3.00 e. The van der Waals surface area contributed by atoms with Crippen molar-refractivity contribution in [3.8, 4) is 0 Å². The second kappa shape index (κ2) is 12.0. The van der Waals surface area contributed by atoms with Crippen LogP contribution in [0.5, 0.6) is 0 Å². The number of amides is 1. The summed E-state index contributed by atoms with van der Waals surface area (Å²) in [6, 6.07) is 7.18. The van der Waals surface area contributed by atoms with Gasteiger partial charge in [-0.3, -0.25) is 10.2 Å². The SMILES string of the molecule is [CH2-]C.[CH2-]CC([CH2-])C(=O)NCc1ccc(C(=N)N)cc1.[Y+3]. The third-order valence-electron chi connectivity index (χ3n) is 2.45. The Morgan fingerprint density at radius 1 is 1.35 bits per heavy atom. The van der Waals surface area contributed by atoms with Crippen LogP contribution in [0.2, 0.25) is 0 Å². The Hall–Kier alpha value is -0.736. The van der Waals surface area contributed by atoms with Crippen LogP contribution >= 0.6 is 0 Å². The van der Waals surface area contributed by atoms with Gasteiger partial charge in [-0.25, -0.2) is 0 Å². The number of carbonyl (C=O) groups is 1. The zero-order valence-corrected chi connectivity index (χ0v) is 14.8. The number of hydrogen-bond donors (Lipinski definition) is 3. The van der Waals surface area contributed by atoms with Crippen LogP contribution in [-0.4, -0.2) is 11.7 Å². The molecule has 5 heteroatoms. The summed E-state index contributed by atoms with van der Waals surface area (Å²) in [5.74, 6) is -0.377. The molecule has 0 spiro atoms. The molecule has 1 aromatic rings. The second-order valence-corrected chi connectivity index (χ2v) is 3.81. The van der Waals surface area contributed by atoms with E-state index in [1.807, 2.05) is 12.1 Å². The van der Waals surface area contributed by atoms with Crippen LogP contribution in [0, 0.1) is 32.1 Å². The van der Waals surface area contributed by atoms with Crippen molar-refractivity contribution in [1.29, 1.82) is 5.41 Å². The Morgan fingerprint density at radius 2 is 1.85 bits per heavy atom. The first kappa shape index (κ1) is 21.6. The van der Waals surface area contributed by atoms with E-state index >= 15 is 0 Å². The van der Waals surface area contributed by atoms with Gasteiger partial charge < -0.3 is 31.8 Å². The summed E-state index contributed by atoms with van der Waals surface area (Å²) in [7, 11) is 0. The average Bonchev–Trinajstić information content (AvgIpc) is 2.46. The number of nitrogens with one attached hydrogen (secondary N) is 2. The number of carbonyl (C=O) groups excluding carboxylic acids is 1. The van der Waals surface area contributed by atoms with Crippen molar-refractivity contribution >= 4 is 11.7 Å². The predicted octanol–water partition coefficient (Wildman–Crippen LogP) is 2.10. The van der Waals surface area contributed by atoms with Crippen molar-refractivity contribution < 1.29 is 37.5 Å². The molecule has 0 radical (unpaired) electrons. The number of nitrogens with two attached hydrogens (primary N) is 1. The summed E-state index contributed by atoms with van der Waals surface area (Å²) in [5.41, 5.74) is 6.97. The van der Waals surface area contributed by atoms with E-state index in [4.69, 9.17) is 11.1 Å². The zero-order chi connectivity index (χ0) is 14.8. The smallest absolute Gasteiger partial charge is 0.384 e. The third kappa shape index (κ3) is 7.76. The van der Waals surface area contributed by atoms with Crippen molar-refractivity contribution in [2.24, 2.45) is 11.7 Å². The van der Waals surface area contributed by atoms with Crippen LogP contribution in [0.1, 0.15) is 24.5 Å². The van der Waals surface area contributed by atoms with Crippen LogP contribution in [0.25, 0.3) is 0 Å². The van der Waals surface area contributed by atoms with Gasteiger partial charge in [0.05, 0.1) is 0 Å². The van der Waals surface area contributed by atoms with Gasteiger partial charge in [0.2, 0.25) is 0 Å². The van der Waals surface area contributed by atoms with Crippen molar-refractivity contribution in [2.75, 3.05) is 0 Å². The van der Waals surface area contributed by atoms with E-state index in [9.17, 15) is 4.79 Å². The standard InChI is InChI=1S/C13H17N3O.C2H5.Y/c1-3-9(2)13(17)16-8-10-4-6-11(7-5-10)12(14)15;1-2;/h4-7,9H,1-3,8H2,(H3,14,15)(H,16,17);1H2,2H3;/q-2;-1;+3. The topological polar surface area (TPSA) is 79.0 Å². The molecule has 0 saturated heterocycles. The van der Waals surface area contributed by atoms with Crippen molar-refractivity contribution in [3.05, 3.63) is 56.2 Å². The maximum Gasteiger partial charge on any atom is 3.00 e. The molecule has 1 amide bonds. The van der Waals surface area contributed by atoms with Crippen molar-refractivity contribution in [3.63, 3.8) is 0 Å². The molecule has 106 valence electrons. The summed E-state index contributed by atoms with van der Waals surface area (Å²) in [6.45, 7) is 12.8. The van der Waals surface area contributed by atoms with Gasteiger partial charge in [-0.1, -0.05) is 24.3 Å². The van der Waals surface area contributed by atoms with Gasteiger partial charge in [-0.05, 0) is 5.56 Å². The molecule has 4 nitrogen and oxygen atoms in total. The predicted molar refractivity (Wildman–Crippen MR) is 79.2 cm³/mol. The molecule has 0 bridgehead atoms. The molecule has 0 aliphatic rings. The summed E-state index contributed by atoms with van der Waals surface area (Å²) in [6.07, 6.45) is 0.481. The van der Waals surface area contributed by atoms with E-state index in [-0.39, 0.29) is 50.4 Å². The van der Waals surface area contributed by atoms with Crippen molar-refractivity contribution in [1.82, 2.24) is 5.32 Å². The molecule has 0 heterocycles. The Labute approximate surface area is 147 Å². The maximum absolute atomic E-state index is 11.5. The van der Waals surface area contributed by atoms with E-state index in [1.165, 1.54) is 0 Å². The fourth-order valence-electron chi connectivity index (χ4n) is 1.27. The first-order valence-electron chi connectivity index (χ1n) is 6.08. The molecular formula is C15H22N3OY. The molecule has 0 saturated carbocycles.